The monoisotopic (exact) mass is 144 g/mol. The number of hydrogen-bond acceptors (Lipinski definition) is 1. The minimum atomic E-state index is 0. The molecule has 0 unspecified atom stereocenters. The Bertz CT molecular complexity index is 8.00. The molecule has 0 aromatic heterocycles. The first-order valence-corrected chi connectivity index (χ1v) is 0. The molecule has 4 heteroatoms. The van der Waals surface area contributed by atoms with Crippen molar-refractivity contribution in [3.8, 4) is 0 Å². The first-order chi connectivity index (χ1) is 0. The van der Waals surface area contributed by atoms with Crippen LogP contribution in [0.5, 0.6) is 0 Å². The molecular weight excluding hydrogens is 140 g/mol. The van der Waals surface area contributed by atoms with Crippen molar-refractivity contribution in [3.63, 3.8) is 0 Å². The molecule has 0 fully saturated rings. The van der Waals surface area contributed by atoms with Crippen LogP contribution in [-0.2, 0) is 35.9 Å². The van der Waals surface area contributed by atoms with Crippen molar-refractivity contribution in [2.75, 3.05) is 0 Å². The van der Waals surface area contributed by atoms with Gasteiger partial charge in [0.15, 0.2) is 0 Å². The molecule has 1 radical (unpaired) electrons. The van der Waals surface area contributed by atoms with Crippen molar-refractivity contribution < 1.29 is 35.9 Å². The summed E-state index contributed by atoms with van der Waals surface area (Å²) >= 11 is 0. The van der Waals surface area contributed by atoms with E-state index in [4.69, 9.17) is 0 Å². The second-order valence-corrected chi connectivity index (χ2v) is 0. The summed E-state index contributed by atoms with van der Waals surface area (Å²) in [6.45, 7) is 0. The molecule has 0 aliphatic heterocycles. The molecule has 0 aromatic carbocycles. The van der Waals surface area contributed by atoms with Gasteiger partial charge in [0.2, 0.25) is 0 Å². The van der Waals surface area contributed by atoms with Crippen molar-refractivity contribution in [1.82, 2.24) is 6.15 Å². The molecule has 0 saturated carbocycles. The van der Waals surface area contributed by atoms with E-state index in [0.29, 0.717) is 0 Å². The maximum absolute atomic E-state index is 0. The van der Waals surface area contributed by atoms with Crippen LogP contribution in [0.1, 0.15) is 0 Å². The molecule has 0 heterocycles. The summed E-state index contributed by atoms with van der Waals surface area (Å²) in [5, 5.41) is 0. The first kappa shape index (κ1) is 36.3. The van der Waals surface area contributed by atoms with E-state index in [9.17, 15) is 0 Å². The number of hydrogen-bond donors (Lipinski definition) is 1. The molecular formula is H4CrNNaV. The Hall–Kier alpha value is 2.08. The molecule has 0 atom stereocenters. The summed E-state index contributed by atoms with van der Waals surface area (Å²) < 4.78 is 0. The minimum Gasteiger partial charge on any atom is 0 e. The quantitative estimate of drug-likeness (QED) is 0.457. The molecule has 0 aliphatic rings. The summed E-state index contributed by atoms with van der Waals surface area (Å²) in [6.07, 6.45) is 0. The van der Waals surface area contributed by atoms with E-state index in [0.717, 1.165) is 0 Å². The van der Waals surface area contributed by atoms with Crippen molar-refractivity contribution in [2.24, 2.45) is 0 Å². The average Bonchev–Trinajstić information content (AvgIpc) is 0. The van der Waals surface area contributed by atoms with Gasteiger partial charge < -0.3 is 6.15 Å². The zero-order chi connectivity index (χ0) is 0. The van der Waals surface area contributed by atoms with Gasteiger partial charge in [0.1, 0.15) is 0 Å². The summed E-state index contributed by atoms with van der Waals surface area (Å²) in [6, 6.07) is 0. The largest absolute Gasteiger partial charge is 0 e. The van der Waals surface area contributed by atoms with Gasteiger partial charge in [-0.1, -0.05) is 0 Å². The van der Waals surface area contributed by atoms with Gasteiger partial charge in [0, 0.05) is 35.9 Å². The van der Waals surface area contributed by atoms with E-state index in [2.05, 4.69) is 0 Å². The molecule has 4 heavy (non-hydrogen) atoms. The number of rotatable bonds is 0. The van der Waals surface area contributed by atoms with Crippen LogP contribution in [0.4, 0.5) is 0 Å². The van der Waals surface area contributed by atoms with Gasteiger partial charge in [-0.15, -0.1) is 0 Å². The Morgan fingerprint density at radius 2 is 1.00 bits per heavy atom. The first-order valence-electron chi connectivity index (χ1n) is 0. The second kappa shape index (κ2) is 19.6. The molecule has 0 aliphatic carbocycles. The van der Waals surface area contributed by atoms with E-state index in [-0.39, 0.29) is 71.6 Å². The van der Waals surface area contributed by atoms with Crippen LogP contribution in [0, 0.1) is 0 Å². The van der Waals surface area contributed by atoms with Crippen molar-refractivity contribution in [3.05, 3.63) is 0 Å². The maximum atomic E-state index is 0. The molecule has 0 amide bonds. The molecule has 21 valence electrons. The Morgan fingerprint density at radius 3 is 1.00 bits per heavy atom. The zero-order valence-corrected chi connectivity index (χ0v) is 4.23. The molecule has 0 aromatic rings. The molecule has 3 N–H and O–H groups in total. The minimum absolute atomic E-state index is 0. The van der Waals surface area contributed by atoms with Gasteiger partial charge in [0.05, 0.1) is 0 Å². The summed E-state index contributed by atoms with van der Waals surface area (Å²) in [7, 11) is 0. The van der Waals surface area contributed by atoms with E-state index in [1.165, 1.54) is 0 Å². The Balaban J connectivity index is 0. The SMILES string of the molecule is N.[Cr].[NaH].[V]. The fourth-order valence-corrected chi connectivity index (χ4v) is 0. The van der Waals surface area contributed by atoms with Crippen LogP contribution >= 0.6 is 0 Å². The summed E-state index contributed by atoms with van der Waals surface area (Å²) in [5.41, 5.74) is 0. The fourth-order valence-electron chi connectivity index (χ4n) is 0. The average molecular weight is 144 g/mol. The van der Waals surface area contributed by atoms with Crippen LogP contribution in [0.15, 0.2) is 0 Å². The third-order valence-corrected chi connectivity index (χ3v) is 0. The topological polar surface area (TPSA) is 35.0 Å². The van der Waals surface area contributed by atoms with Gasteiger partial charge in [0.25, 0.3) is 0 Å². The van der Waals surface area contributed by atoms with Gasteiger partial charge in [-0.3, -0.25) is 0 Å². The standard InChI is InChI=1S/Cr.H3N.Na.V.H/h;1H3;;;. The molecule has 0 bridgehead atoms. The Morgan fingerprint density at radius 1 is 1.00 bits per heavy atom. The molecule has 0 spiro atoms. The summed E-state index contributed by atoms with van der Waals surface area (Å²) in [5.74, 6) is 0. The zero-order valence-electron chi connectivity index (χ0n) is 1.56. The summed E-state index contributed by atoms with van der Waals surface area (Å²) in [4.78, 5) is 0. The van der Waals surface area contributed by atoms with E-state index < -0.39 is 0 Å². The predicted octanol–water partition coefficient (Wildman–Crippen LogP) is -0.492. The third-order valence-electron chi connectivity index (χ3n) is 0. The molecule has 0 rings (SSSR count). The van der Waals surface area contributed by atoms with Crippen LogP contribution in [0.2, 0.25) is 0 Å². The maximum Gasteiger partial charge on any atom is 0 e. The normalized spacial score (nSPS) is 0. The predicted molar refractivity (Wildman–Crippen MR) is 12.2 cm³/mol. The van der Waals surface area contributed by atoms with Crippen LogP contribution in [0.25, 0.3) is 0 Å². The fraction of sp³-hybridized carbons (Fsp3) is 0. The van der Waals surface area contributed by atoms with Gasteiger partial charge in [-0.25, -0.2) is 0 Å². The van der Waals surface area contributed by atoms with E-state index in [1.54, 1.807) is 0 Å². The van der Waals surface area contributed by atoms with E-state index >= 15 is 0 Å². The second-order valence-electron chi connectivity index (χ2n) is 0. The molecule has 1 nitrogen and oxygen atoms in total. The van der Waals surface area contributed by atoms with Crippen molar-refractivity contribution >= 4 is 29.6 Å². The Kier molecular flexibility index (Phi) is 178. The van der Waals surface area contributed by atoms with Crippen molar-refractivity contribution in [1.29, 1.82) is 0 Å². The third kappa shape index (κ3) is 8.95. The van der Waals surface area contributed by atoms with Crippen LogP contribution in [-0.4, -0.2) is 29.6 Å². The Labute approximate surface area is 70.8 Å². The van der Waals surface area contributed by atoms with Gasteiger partial charge >= 0.3 is 29.6 Å². The van der Waals surface area contributed by atoms with Crippen molar-refractivity contribution in [2.45, 2.75) is 0 Å². The van der Waals surface area contributed by atoms with Crippen LogP contribution in [0.3, 0.4) is 0 Å². The van der Waals surface area contributed by atoms with Gasteiger partial charge in [-0.2, -0.15) is 0 Å². The van der Waals surface area contributed by atoms with E-state index in [1.807, 2.05) is 0 Å². The van der Waals surface area contributed by atoms with Crippen LogP contribution < -0.4 is 6.15 Å². The van der Waals surface area contributed by atoms with Gasteiger partial charge in [-0.05, 0) is 0 Å². The smallest absolute Gasteiger partial charge is 0 e. The molecule has 0 saturated heterocycles.